The van der Waals surface area contributed by atoms with Crippen LogP contribution < -0.4 is 19.7 Å². The number of anilines is 3. The van der Waals surface area contributed by atoms with Crippen molar-refractivity contribution in [3.05, 3.63) is 42.7 Å². The minimum Gasteiger partial charge on any atom is -0.276 e. The molecule has 2 aromatic rings. The van der Waals surface area contributed by atoms with Gasteiger partial charge in [0.1, 0.15) is 5.54 Å². The summed E-state index contributed by atoms with van der Waals surface area (Å²) in [5.41, 5.74) is -7.23. The maximum Gasteiger partial charge on any atom is 0.501 e. The number of sulfone groups is 1. The van der Waals surface area contributed by atoms with Crippen LogP contribution in [0.4, 0.5) is 35.0 Å². The molecule has 1 saturated carbocycles. The molecule has 1 aromatic heterocycles. The van der Waals surface area contributed by atoms with E-state index in [1.54, 1.807) is 6.92 Å². The molecule has 11 nitrogen and oxygen atoms in total. The zero-order chi connectivity index (χ0) is 25.3. The largest absolute Gasteiger partial charge is 0.501 e. The van der Waals surface area contributed by atoms with E-state index in [4.69, 9.17) is 5.14 Å². The molecule has 3 amide bonds. The molecule has 2 unspecified atom stereocenters. The molecular formula is C18H16F3N5O6S2. The number of pyridine rings is 1. The molecule has 0 radical (unpaired) electrons. The van der Waals surface area contributed by atoms with E-state index < -0.39 is 47.9 Å². The summed E-state index contributed by atoms with van der Waals surface area (Å²) in [6.07, 6.45) is 2.59. The van der Waals surface area contributed by atoms with Crippen molar-refractivity contribution in [2.24, 2.45) is 11.1 Å². The Bertz CT molecular complexity index is 1410. The Morgan fingerprint density at radius 1 is 1.12 bits per heavy atom. The highest BCUT2D eigenvalue weighted by Gasteiger charge is 2.71. The number of hydrogen-bond acceptors (Lipinski definition) is 7. The van der Waals surface area contributed by atoms with E-state index in [2.05, 4.69) is 4.98 Å². The molecule has 182 valence electrons. The van der Waals surface area contributed by atoms with Crippen molar-refractivity contribution in [2.75, 3.05) is 14.5 Å². The Labute approximate surface area is 191 Å². The molecule has 2 aliphatic rings. The molecule has 34 heavy (non-hydrogen) atoms. The third-order valence-corrected chi connectivity index (χ3v) is 7.64. The van der Waals surface area contributed by atoms with Gasteiger partial charge in [-0.05, 0) is 42.7 Å². The molecule has 1 aromatic carbocycles. The van der Waals surface area contributed by atoms with Crippen LogP contribution in [0.5, 0.6) is 0 Å². The number of nitrogens with zero attached hydrogens (tertiary/aromatic N) is 3. The van der Waals surface area contributed by atoms with Crippen molar-refractivity contribution in [1.82, 2.24) is 4.98 Å². The van der Waals surface area contributed by atoms with Crippen LogP contribution in [0.25, 0.3) is 0 Å². The summed E-state index contributed by atoms with van der Waals surface area (Å²) in [7, 11) is -9.88. The van der Waals surface area contributed by atoms with Gasteiger partial charge in [0.15, 0.2) is 0 Å². The van der Waals surface area contributed by atoms with E-state index in [0.29, 0.717) is 17.0 Å². The van der Waals surface area contributed by atoms with Crippen molar-refractivity contribution >= 4 is 49.0 Å². The number of benzene rings is 1. The summed E-state index contributed by atoms with van der Waals surface area (Å²) < 4.78 is 86.8. The van der Waals surface area contributed by atoms with Crippen molar-refractivity contribution < 1.29 is 39.6 Å². The normalized spacial score (nSPS) is 23.0. The summed E-state index contributed by atoms with van der Waals surface area (Å²) >= 11 is 0. The maximum atomic E-state index is 13.4. The second-order valence-corrected chi connectivity index (χ2v) is 11.0. The van der Waals surface area contributed by atoms with Gasteiger partial charge in [-0.15, -0.1) is 0 Å². The number of urea groups is 1. The quantitative estimate of drug-likeness (QED) is 0.569. The van der Waals surface area contributed by atoms with E-state index in [1.807, 2.05) is 4.72 Å². The molecule has 0 bridgehead atoms. The Morgan fingerprint density at radius 2 is 1.71 bits per heavy atom. The number of alkyl halides is 3. The molecule has 2 heterocycles. The second kappa shape index (κ2) is 7.38. The van der Waals surface area contributed by atoms with Gasteiger partial charge in [-0.3, -0.25) is 19.4 Å². The number of aromatic nitrogens is 1. The fraction of sp³-hybridized carbons (Fsp3) is 0.278. The Balaban J connectivity index is 1.77. The van der Waals surface area contributed by atoms with E-state index >= 15 is 0 Å². The number of nitrogens with one attached hydrogen (secondary N) is 1. The van der Waals surface area contributed by atoms with Crippen LogP contribution in [0.3, 0.4) is 0 Å². The number of carbonyl (C=O) groups excluding carboxylic acids is 2. The van der Waals surface area contributed by atoms with Crippen LogP contribution in [-0.2, 0) is 24.8 Å². The van der Waals surface area contributed by atoms with Gasteiger partial charge in [0.25, 0.3) is 26.0 Å². The monoisotopic (exact) mass is 519 g/mol. The lowest BCUT2D eigenvalue weighted by Gasteiger charge is -2.24. The van der Waals surface area contributed by atoms with E-state index in [-0.39, 0.29) is 29.4 Å². The van der Waals surface area contributed by atoms with Crippen LogP contribution in [0.1, 0.15) is 13.3 Å². The lowest BCUT2D eigenvalue weighted by Crippen LogP contribution is -2.39. The van der Waals surface area contributed by atoms with Gasteiger partial charge in [-0.1, -0.05) is 6.92 Å². The smallest absolute Gasteiger partial charge is 0.276 e. The van der Waals surface area contributed by atoms with E-state index in [1.165, 1.54) is 12.3 Å². The second-order valence-electron chi connectivity index (χ2n) is 7.77. The number of amides is 3. The van der Waals surface area contributed by atoms with Crippen LogP contribution >= 0.6 is 0 Å². The molecule has 16 heteroatoms. The fourth-order valence-corrected chi connectivity index (χ4v) is 5.16. The predicted molar refractivity (Wildman–Crippen MR) is 113 cm³/mol. The van der Waals surface area contributed by atoms with Gasteiger partial charge in [-0.25, -0.2) is 23.3 Å². The van der Waals surface area contributed by atoms with Crippen molar-refractivity contribution in [3.8, 4) is 0 Å². The molecule has 1 spiro atoms. The first-order valence-electron chi connectivity index (χ1n) is 9.46. The minimum absolute atomic E-state index is 0.00880. The lowest BCUT2D eigenvalue weighted by molar-refractivity contribution is -0.119. The highest BCUT2D eigenvalue weighted by atomic mass is 32.2. The molecule has 2 fully saturated rings. The van der Waals surface area contributed by atoms with Crippen LogP contribution in [0.15, 0.2) is 47.6 Å². The third-order valence-electron chi connectivity index (χ3n) is 5.63. The van der Waals surface area contributed by atoms with Crippen molar-refractivity contribution in [3.63, 3.8) is 0 Å². The summed E-state index contributed by atoms with van der Waals surface area (Å²) in [4.78, 5) is 31.2. The number of imide groups is 1. The topological polar surface area (TPSA) is 160 Å². The predicted octanol–water partition coefficient (Wildman–Crippen LogP) is 1.74. The number of hydrogen-bond donors (Lipinski definition) is 2. The average Bonchev–Trinajstić information content (AvgIpc) is 3.33. The van der Waals surface area contributed by atoms with Gasteiger partial charge in [0.2, 0.25) is 0 Å². The highest BCUT2D eigenvalue weighted by molar-refractivity contribution is 7.92. The average molecular weight is 519 g/mol. The van der Waals surface area contributed by atoms with E-state index in [0.717, 1.165) is 23.2 Å². The van der Waals surface area contributed by atoms with Crippen molar-refractivity contribution in [2.45, 2.75) is 29.3 Å². The number of halogens is 3. The lowest BCUT2D eigenvalue weighted by atomic mass is 10.1. The van der Waals surface area contributed by atoms with Gasteiger partial charge in [0.05, 0.1) is 28.2 Å². The molecule has 1 aliphatic heterocycles. The summed E-state index contributed by atoms with van der Waals surface area (Å²) in [6, 6.07) is 3.50. The maximum absolute atomic E-state index is 13.4. The van der Waals surface area contributed by atoms with Crippen molar-refractivity contribution in [1.29, 1.82) is 0 Å². The molecule has 3 N–H and O–H groups in total. The van der Waals surface area contributed by atoms with Gasteiger partial charge < -0.3 is 0 Å². The van der Waals surface area contributed by atoms with Gasteiger partial charge >= 0.3 is 11.5 Å². The Hall–Kier alpha value is -3.24. The first-order valence-corrected chi connectivity index (χ1v) is 12.5. The minimum atomic E-state index is -5.62. The third kappa shape index (κ3) is 3.57. The summed E-state index contributed by atoms with van der Waals surface area (Å²) in [6.45, 7) is 1.69. The van der Waals surface area contributed by atoms with Gasteiger partial charge in [0, 0.05) is 6.20 Å². The fourth-order valence-electron chi connectivity index (χ4n) is 3.93. The van der Waals surface area contributed by atoms with Gasteiger partial charge in [-0.2, -0.15) is 21.6 Å². The molecule has 1 aliphatic carbocycles. The zero-order valence-corrected chi connectivity index (χ0v) is 18.8. The number of carbonyl (C=O) groups is 2. The number of nitrogens with two attached hydrogens (primary N) is 1. The zero-order valence-electron chi connectivity index (χ0n) is 17.1. The molecule has 2 atom stereocenters. The SMILES string of the molecule is CC1CC12C(=O)N(c1ccc(S(=O)(=O)C(F)(F)F)cc1)C(=O)N2c1ccncc1NS(N)(=O)=O. The molecule has 4 rings (SSSR count). The van der Waals surface area contributed by atoms with Crippen LogP contribution in [0, 0.1) is 5.92 Å². The highest BCUT2D eigenvalue weighted by Crippen LogP contribution is 2.56. The van der Waals surface area contributed by atoms with Crippen LogP contribution in [0.2, 0.25) is 0 Å². The number of rotatable bonds is 5. The standard InChI is InChI=1S/C18H16F3N5O6S2/c1-10-8-17(10)15(27)25(11-2-4-12(5-3-11)33(29,30)18(19,20)21)16(28)26(17)14-6-7-23-9-13(14)24-34(22,31)32/h2-7,9-10,24H,8H2,1H3,(H2,22,31,32). The Morgan fingerprint density at radius 3 is 2.21 bits per heavy atom. The summed E-state index contributed by atoms with van der Waals surface area (Å²) in [5, 5.41) is 5.03. The first kappa shape index (κ1) is 23.9. The summed E-state index contributed by atoms with van der Waals surface area (Å²) in [5.74, 6) is -1.04. The molecular weight excluding hydrogens is 503 g/mol. The van der Waals surface area contributed by atoms with Crippen LogP contribution in [-0.4, -0.2) is 44.8 Å². The Kier molecular flexibility index (Phi) is 5.19. The van der Waals surface area contributed by atoms with E-state index in [9.17, 15) is 39.6 Å². The first-order chi connectivity index (χ1) is 15.6. The molecule has 1 saturated heterocycles.